The Labute approximate surface area is 229 Å². The predicted molar refractivity (Wildman–Crippen MR) is 158 cm³/mol. The molecule has 3 aromatic rings. The number of aromatic nitrogens is 3. The molecular weight excluding hydrogens is 514 g/mol. The summed E-state index contributed by atoms with van der Waals surface area (Å²) in [5, 5.41) is 7.46. The molecule has 2 fully saturated rings. The predicted octanol–water partition coefficient (Wildman–Crippen LogP) is 5.35. The van der Waals surface area contributed by atoms with Gasteiger partial charge in [0.25, 0.3) is 5.91 Å². The zero-order valence-electron chi connectivity index (χ0n) is 22.7. The van der Waals surface area contributed by atoms with E-state index in [1.54, 1.807) is 12.4 Å². The van der Waals surface area contributed by atoms with Gasteiger partial charge in [0.1, 0.15) is 4.88 Å². The first-order valence-corrected chi connectivity index (χ1v) is 16.1. The van der Waals surface area contributed by atoms with Gasteiger partial charge < -0.3 is 10.6 Å². The molecule has 1 amide bonds. The van der Waals surface area contributed by atoms with Crippen molar-refractivity contribution in [2.24, 2.45) is 0 Å². The molecule has 2 aromatic heterocycles. The second-order valence-corrected chi connectivity index (χ2v) is 15.4. The molecule has 0 atom stereocenters. The van der Waals surface area contributed by atoms with Gasteiger partial charge in [0, 0.05) is 41.3 Å². The lowest BCUT2D eigenvalue weighted by Crippen LogP contribution is -2.37. The summed E-state index contributed by atoms with van der Waals surface area (Å²) < 4.78 is 13.2. The summed E-state index contributed by atoms with van der Waals surface area (Å²) in [6.07, 6.45) is 8.58. The average molecular weight is 552 g/mol. The van der Waals surface area contributed by atoms with Gasteiger partial charge in [-0.1, -0.05) is 32.9 Å². The standard InChI is InChI=1S/C29H37N5O2S2/c1-19-16-20(8-9-21(19)17-31-26(35)25-18-32-27(37-25)29(2,3)4)24-10-13-30-28(34-24)33-22-11-14-38(36,15-12-22)23-6-5-7-23/h8-10,13,16,18,22H,5-7,11-12,14-15,17H2,1-4H3,(H,31,35)(H,30,33,34). The number of amides is 1. The summed E-state index contributed by atoms with van der Waals surface area (Å²) in [4.78, 5) is 28.2. The average Bonchev–Trinajstić information content (AvgIpc) is 3.35. The van der Waals surface area contributed by atoms with Crippen molar-refractivity contribution in [2.45, 2.75) is 77.8 Å². The minimum atomic E-state index is -1.74. The lowest BCUT2D eigenvalue weighted by atomic mass is 9.98. The van der Waals surface area contributed by atoms with Crippen LogP contribution in [-0.4, -0.2) is 47.5 Å². The van der Waals surface area contributed by atoms with Crippen molar-refractivity contribution in [3.8, 4) is 11.3 Å². The van der Waals surface area contributed by atoms with Crippen molar-refractivity contribution in [2.75, 3.05) is 16.8 Å². The number of hydrogen-bond donors (Lipinski definition) is 2. The summed E-state index contributed by atoms with van der Waals surface area (Å²) in [7, 11) is -1.74. The molecule has 0 bridgehead atoms. The van der Waals surface area contributed by atoms with E-state index in [-0.39, 0.29) is 17.4 Å². The van der Waals surface area contributed by atoms with Crippen LogP contribution in [0.5, 0.6) is 0 Å². The van der Waals surface area contributed by atoms with Crippen LogP contribution in [0, 0.1) is 6.92 Å². The number of nitrogens with one attached hydrogen (secondary N) is 2. The summed E-state index contributed by atoms with van der Waals surface area (Å²) in [5.41, 5.74) is 3.94. The number of anilines is 1. The first-order valence-electron chi connectivity index (χ1n) is 13.4. The van der Waals surface area contributed by atoms with E-state index in [0.717, 1.165) is 64.6 Å². The second kappa shape index (κ2) is 10.8. The van der Waals surface area contributed by atoms with E-state index in [1.807, 2.05) is 18.2 Å². The van der Waals surface area contributed by atoms with E-state index in [0.29, 0.717) is 17.4 Å². The maximum Gasteiger partial charge on any atom is 0.263 e. The van der Waals surface area contributed by atoms with Gasteiger partial charge in [0.15, 0.2) is 0 Å². The molecule has 0 radical (unpaired) electrons. The van der Waals surface area contributed by atoms with E-state index in [1.165, 1.54) is 22.6 Å². The highest BCUT2D eigenvalue weighted by Crippen LogP contribution is 2.28. The summed E-state index contributed by atoms with van der Waals surface area (Å²) in [5.74, 6) is 2.10. The van der Waals surface area contributed by atoms with Crippen LogP contribution in [0.2, 0.25) is 0 Å². The summed E-state index contributed by atoms with van der Waals surface area (Å²) in [6.45, 7) is 8.79. The fourth-order valence-corrected chi connectivity index (χ4v) is 8.89. The first-order chi connectivity index (χ1) is 18.1. The minimum absolute atomic E-state index is 0.0686. The maximum atomic E-state index is 13.2. The summed E-state index contributed by atoms with van der Waals surface area (Å²) in [6, 6.07) is 8.36. The Balaban J connectivity index is 1.20. The molecule has 38 heavy (non-hydrogen) atoms. The Morgan fingerprint density at radius 3 is 2.53 bits per heavy atom. The van der Waals surface area contributed by atoms with Crippen molar-refractivity contribution in [3.05, 3.63) is 57.7 Å². The second-order valence-electron chi connectivity index (χ2n) is 11.4. The molecule has 2 N–H and O–H groups in total. The van der Waals surface area contributed by atoms with Crippen LogP contribution in [0.1, 0.15) is 78.7 Å². The van der Waals surface area contributed by atoms with Crippen molar-refractivity contribution in [3.63, 3.8) is 0 Å². The first kappa shape index (κ1) is 26.8. The molecule has 1 saturated carbocycles. The van der Waals surface area contributed by atoms with E-state index < -0.39 is 9.52 Å². The molecule has 0 spiro atoms. The number of carbonyl (C=O) groups excluding carboxylic acids is 1. The quantitative estimate of drug-likeness (QED) is 0.401. The normalized spacial score (nSPS) is 21.6. The number of benzene rings is 1. The number of aryl methyl sites for hydroxylation is 1. The van der Waals surface area contributed by atoms with Crippen LogP contribution >= 0.6 is 11.3 Å². The van der Waals surface area contributed by atoms with E-state index >= 15 is 0 Å². The van der Waals surface area contributed by atoms with Gasteiger partial charge in [-0.15, -0.1) is 11.3 Å². The van der Waals surface area contributed by atoms with Crippen molar-refractivity contribution in [1.29, 1.82) is 0 Å². The molecule has 0 unspecified atom stereocenters. The highest BCUT2D eigenvalue weighted by molar-refractivity contribution is 8.02. The van der Waals surface area contributed by atoms with Crippen LogP contribution in [0.3, 0.4) is 0 Å². The Kier molecular flexibility index (Phi) is 7.60. The van der Waals surface area contributed by atoms with Gasteiger partial charge in [0.2, 0.25) is 5.95 Å². The van der Waals surface area contributed by atoms with Gasteiger partial charge >= 0.3 is 0 Å². The van der Waals surface area contributed by atoms with Crippen LogP contribution in [0.15, 0.2) is 36.7 Å². The summed E-state index contributed by atoms with van der Waals surface area (Å²) >= 11 is 1.45. The smallest absolute Gasteiger partial charge is 0.263 e. The lowest BCUT2D eigenvalue weighted by molar-refractivity contribution is 0.0954. The molecule has 5 rings (SSSR count). The van der Waals surface area contributed by atoms with E-state index in [2.05, 4.69) is 54.4 Å². The molecular formula is C29H37N5O2S2. The highest BCUT2D eigenvalue weighted by Gasteiger charge is 2.27. The van der Waals surface area contributed by atoms with Gasteiger partial charge in [-0.3, -0.25) is 9.00 Å². The Bertz CT molecular complexity index is 1440. The maximum absolute atomic E-state index is 13.2. The SMILES string of the molecule is Cc1cc(-c2ccnc(NC3CCS(=O)(=C4CCC4)CC3)n2)ccc1CNC(=O)c1cnc(C(C)(C)C)s1. The number of thiazole rings is 1. The largest absolute Gasteiger partial charge is 0.351 e. The van der Waals surface area contributed by atoms with E-state index in [9.17, 15) is 9.00 Å². The van der Waals surface area contributed by atoms with Crippen LogP contribution in [0.25, 0.3) is 11.3 Å². The van der Waals surface area contributed by atoms with Crippen molar-refractivity contribution >= 4 is 37.6 Å². The molecule has 1 aliphatic heterocycles. The van der Waals surface area contributed by atoms with Crippen LogP contribution in [0.4, 0.5) is 5.95 Å². The Morgan fingerprint density at radius 1 is 1.13 bits per heavy atom. The fourth-order valence-electron chi connectivity index (χ4n) is 4.85. The Hall–Kier alpha value is -2.78. The topological polar surface area (TPSA) is 96.9 Å². The van der Waals surface area contributed by atoms with Crippen LogP contribution in [-0.2, 0) is 21.5 Å². The Morgan fingerprint density at radius 2 is 1.89 bits per heavy atom. The molecule has 9 heteroatoms. The minimum Gasteiger partial charge on any atom is -0.351 e. The number of hydrogen-bond acceptors (Lipinski definition) is 7. The number of nitrogens with zero attached hydrogens (tertiary/aromatic N) is 3. The van der Waals surface area contributed by atoms with Crippen molar-refractivity contribution in [1.82, 2.24) is 20.3 Å². The zero-order valence-corrected chi connectivity index (χ0v) is 24.3. The highest BCUT2D eigenvalue weighted by atomic mass is 32.2. The molecule has 7 nitrogen and oxygen atoms in total. The molecule has 3 heterocycles. The third kappa shape index (κ3) is 5.94. The fraction of sp³-hybridized carbons (Fsp3) is 0.483. The van der Waals surface area contributed by atoms with Crippen LogP contribution < -0.4 is 10.6 Å². The number of rotatable bonds is 6. The monoisotopic (exact) mass is 551 g/mol. The molecule has 1 aromatic carbocycles. The third-order valence-corrected chi connectivity index (χ3v) is 12.1. The van der Waals surface area contributed by atoms with Crippen molar-refractivity contribution < 1.29 is 9.00 Å². The number of carbonyl (C=O) groups is 1. The van der Waals surface area contributed by atoms with Gasteiger partial charge in [-0.05, 0) is 76.7 Å². The lowest BCUT2D eigenvalue weighted by Gasteiger charge is -2.31. The van der Waals surface area contributed by atoms with Gasteiger partial charge in [-0.25, -0.2) is 15.0 Å². The zero-order chi connectivity index (χ0) is 26.9. The molecule has 202 valence electrons. The molecule has 1 aliphatic carbocycles. The van der Waals surface area contributed by atoms with Gasteiger partial charge in [-0.2, -0.15) is 0 Å². The third-order valence-electron chi connectivity index (χ3n) is 7.47. The van der Waals surface area contributed by atoms with E-state index in [4.69, 9.17) is 4.98 Å². The molecule has 1 saturated heterocycles. The van der Waals surface area contributed by atoms with Gasteiger partial charge in [0.05, 0.1) is 16.9 Å². The molecule has 2 aliphatic rings.